The number of aliphatic hydroxyl groups excluding tert-OH is 2. The molecule has 0 fully saturated rings. The Morgan fingerprint density at radius 3 is 2.38 bits per heavy atom. The predicted molar refractivity (Wildman–Crippen MR) is 139 cm³/mol. The molecule has 39 heavy (non-hydrogen) atoms. The number of fused-ring (bicyclic) bond motifs is 4. The van der Waals surface area contributed by atoms with Gasteiger partial charge in [0.1, 0.15) is 22.8 Å². The molecular formula is C31H26O8. The number of rotatable bonds is 3. The van der Waals surface area contributed by atoms with Crippen LogP contribution in [0.5, 0.6) is 5.75 Å². The molecule has 0 saturated carbocycles. The second-order valence-corrected chi connectivity index (χ2v) is 10.9. The molecule has 0 aliphatic heterocycles. The van der Waals surface area contributed by atoms with Crippen molar-refractivity contribution in [2.75, 3.05) is 0 Å². The molecule has 2 aromatic rings. The Kier molecular flexibility index (Phi) is 5.35. The Balaban J connectivity index is 1.39. The van der Waals surface area contributed by atoms with Gasteiger partial charge in [-0.3, -0.25) is 19.2 Å². The van der Waals surface area contributed by atoms with Crippen LogP contribution >= 0.6 is 0 Å². The third-order valence-electron chi connectivity index (χ3n) is 8.82. The normalized spacial score (nSPS) is 27.8. The minimum atomic E-state index is -2.53. The molecule has 2 aromatic carbocycles. The van der Waals surface area contributed by atoms with Crippen molar-refractivity contribution in [2.45, 2.75) is 38.2 Å². The van der Waals surface area contributed by atoms with Gasteiger partial charge < -0.3 is 20.4 Å². The highest BCUT2D eigenvalue weighted by Crippen LogP contribution is 2.52. The number of benzene rings is 2. The molecule has 0 amide bonds. The van der Waals surface area contributed by atoms with Gasteiger partial charge in [0.2, 0.25) is 5.78 Å². The lowest BCUT2D eigenvalue weighted by Gasteiger charge is -2.45. The number of Topliss-reactive ketones (excluding diaryl/α,β-unsaturated/α-hetero) is 4. The number of hydrogen-bond donors (Lipinski definition) is 4. The van der Waals surface area contributed by atoms with Crippen molar-refractivity contribution in [1.29, 1.82) is 0 Å². The van der Waals surface area contributed by atoms with Gasteiger partial charge in [0.25, 0.3) is 0 Å². The van der Waals surface area contributed by atoms with E-state index in [1.807, 2.05) is 12.1 Å². The van der Waals surface area contributed by atoms with Gasteiger partial charge in [0.05, 0.1) is 11.5 Å². The lowest BCUT2D eigenvalue weighted by molar-refractivity contribution is -0.144. The average Bonchev–Trinajstić information content (AvgIpc) is 3.12. The molecule has 4 atom stereocenters. The summed E-state index contributed by atoms with van der Waals surface area (Å²) in [5.74, 6) is -6.42. The zero-order valence-electron chi connectivity index (χ0n) is 21.2. The molecule has 8 nitrogen and oxygen atoms in total. The van der Waals surface area contributed by atoms with Crippen LogP contribution in [0, 0.1) is 17.8 Å². The first-order chi connectivity index (χ1) is 18.5. The van der Waals surface area contributed by atoms with Crippen molar-refractivity contribution >= 4 is 28.7 Å². The number of phenolic OH excluding ortho intramolecular Hbond substituents is 1. The fourth-order valence-electron chi connectivity index (χ4n) is 6.86. The van der Waals surface area contributed by atoms with Crippen LogP contribution in [0.3, 0.4) is 0 Å². The first kappa shape index (κ1) is 25.0. The van der Waals surface area contributed by atoms with E-state index in [4.69, 9.17) is 0 Å². The molecule has 0 aromatic heterocycles. The number of hydrogen-bond acceptors (Lipinski definition) is 8. The Labute approximate surface area is 223 Å². The van der Waals surface area contributed by atoms with Crippen LogP contribution in [-0.4, -0.2) is 49.2 Å². The fraction of sp³-hybridized carbons (Fsp3) is 0.290. The third-order valence-corrected chi connectivity index (χ3v) is 8.82. The first-order valence-electron chi connectivity index (χ1n) is 12.8. The summed E-state index contributed by atoms with van der Waals surface area (Å²) in [6.07, 6.45) is 0.278. The van der Waals surface area contributed by atoms with Gasteiger partial charge >= 0.3 is 0 Å². The van der Waals surface area contributed by atoms with Crippen molar-refractivity contribution < 1.29 is 39.6 Å². The summed E-state index contributed by atoms with van der Waals surface area (Å²) in [7, 11) is 0. The Bertz CT molecular complexity index is 1590. The molecule has 0 saturated heterocycles. The summed E-state index contributed by atoms with van der Waals surface area (Å²) >= 11 is 0. The number of carbonyl (C=O) groups is 4. The van der Waals surface area contributed by atoms with Gasteiger partial charge in [-0.25, -0.2) is 0 Å². The summed E-state index contributed by atoms with van der Waals surface area (Å²) in [6, 6.07) is 10.5. The van der Waals surface area contributed by atoms with Gasteiger partial charge in [-0.2, -0.15) is 0 Å². The first-order valence-corrected chi connectivity index (χ1v) is 12.8. The average molecular weight is 527 g/mol. The highest BCUT2D eigenvalue weighted by molar-refractivity contribution is 6.25. The van der Waals surface area contributed by atoms with Crippen molar-refractivity contribution in [3.05, 3.63) is 93.5 Å². The number of ketones is 4. The minimum Gasteiger partial charge on any atom is -0.511 e. The smallest absolute Gasteiger partial charge is 0.209 e. The predicted octanol–water partition coefficient (Wildman–Crippen LogP) is 3.75. The maximum atomic E-state index is 13.8. The highest BCUT2D eigenvalue weighted by Gasteiger charge is 2.59. The second-order valence-electron chi connectivity index (χ2n) is 10.9. The molecule has 6 rings (SSSR count). The van der Waals surface area contributed by atoms with Gasteiger partial charge in [0.15, 0.2) is 23.0 Å². The molecule has 4 aliphatic carbocycles. The van der Waals surface area contributed by atoms with E-state index >= 15 is 0 Å². The number of carbonyl (C=O) groups excluding carboxylic acids is 4. The van der Waals surface area contributed by atoms with Crippen molar-refractivity contribution in [2.24, 2.45) is 17.8 Å². The molecule has 0 heterocycles. The maximum Gasteiger partial charge on any atom is 0.209 e. The van der Waals surface area contributed by atoms with E-state index in [9.17, 15) is 39.6 Å². The molecule has 0 spiro atoms. The SMILES string of the molecule is C=C1c2ccccc2C(=O)C1Cc1ccc2c(c1O)C(=O)C1=C(O)[C@@]3(O)C(=O)C(C(C)=O)=C(O)C[C@H]3C[C@H]1C2. The minimum absolute atomic E-state index is 0.0469. The van der Waals surface area contributed by atoms with Crippen molar-refractivity contribution in [1.82, 2.24) is 0 Å². The van der Waals surface area contributed by atoms with Gasteiger partial charge in [-0.15, -0.1) is 0 Å². The molecule has 8 heteroatoms. The largest absolute Gasteiger partial charge is 0.511 e. The highest BCUT2D eigenvalue weighted by atomic mass is 16.3. The Morgan fingerprint density at radius 2 is 1.72 bits per heavy atom. The summed E-state index contributed by atoms with van der Waals surface area (Å²) in [5.41, 5.74) is -0.491. The number of phenols is 1. The zero-order valence-corrected chi connectivity index (χ0v) is 21.2. The van der Waals surface area contributed by atoms with E-state index in [1.54, 1.807) is 24.3 Å². The maximum absolute atomic E-state index is 13.8. The lowest BCUT2D eigenvalue weighted by Crippen LogP contribution is -2.56. The van der Waals surface area contributed by atoms with Crippen LogP contribution in [-0.2, 0) is 22.4 Å². The van der Waals surface area contributed by atoms with Gasteiger partial charge in [-0.05, 0) is 54.4 Å². The number of allylic oxidation sites excluding steroid dienone is 3. The monoisotopic (exact) mass is 526 g/mol. The molecule has 0 radical (unpaired) electrons. The van der Waals surface area contributed by atoms with Crippen LogP contribution < -0.4 is 0 Å². The standard InChI is InChI=1S/C31H26O8/c1-13-19-5-3-4-6-20(19)27(35)21(13)11-16-8-7-15-9-17-10-18-12-22(33)23(14(2)32)29(37)31(18,39)30(38)25(17)28(36)24(15)26(16)34/h3-8,17-18,21,33-34,38-39H,1,9-12H2,2H3/t17-,18-,21?,31+/m1/s1. The molecule has 1 unspecified atom stereocenters. The summed E-state index contributed by atoms with van der Waals surface area (Å²) in [4.78, 5) is 52.0. The van der Waals surface area contributed by atoms with Crippen molar-refractivity contribution in [3.63, 3.8) is 0 Å². The van der Waals surface area contributed by atoms with E-state index < -0.39 is 57.8 Å². The Morgan fingerprint density at radius 1 is 1.03 bits per heavy atom. The van der Waals surface area contributed by atoms with Gasteiger partial charge in [0, 0.05) is 23.5 Å². The van der Waals surface area contributed by atoms with Crippen LogP contribution in [0.15, 0.2) is 65.6 Å². The van der Waals surface area contributed by atoms with E-state index in [0.717, 1.165) is 12.5 Å². The van der Waals surface area contributed by atoms with E-state index in [0.29, 0.717) is 22.3 Å². The van der Waals surface area contributed by atoms with Crippen LogP contribution in [0.1, 0.15) is 57.2 Å². The molecular weight excluding hydrogens is 500 g/mol. The number of aromatic hydroxyl groups is 1. The van der Waals surface area contributed by atoms with Crippen LogP contribution in [0.25, 0.3) is 5.57 Å². The third kappa shape index (κ3) is 3.27. The quantitative estimate of drug-likeness (QED) is 0.442. The fourth-order valence-corrected chi connectivity index (χ4v) is 6.86. The van der Waals surface area contributed by atoms with E-state index in [1.165, 1.54) is 0 Å². The lowest BCUT2D eigenvalue weighted by atomic mass is 9.60. The second kappa shape index (κ2) is 8.35. The zero-order chi connectivity index (χ0) is 28.0. The van der Waals surface area contributed by atoms with E-state index in [-0.39, 0.29) is 48.4 Å². The summed E-state index contributed by atoms with van der Waals surface area (Å²) < 4.78 is 0. The van der Waals surface area contributed by atoms with Crippen LogP contribution in [0.2, 0.25) is 0 Å². The number of aliphatic hydroxyl groups is 3. The summed E-state index contributed by atoms with van der Waals surface area (Å²) in [6.45, 7) is 5.16. The molecule has 198 valence electrons. The molecule has 4 aliphatic rings. The van der Waals surface area contributed by atoms with E-state index in [2.05, 4.69) is 6.58 Å². The van der Waals surface area contributed by atoms with Gasteiger partial charge in [-0.1, -0.05) is 43.0 Å². The molecule has 4 N–H and O–H groups in total. The van der Waals surface area contributed by atoms with Crippen LogP contribution in [0.4, 0.5) is 0 Å². The summed E-state index contributed by atoms with van der Waals surface area (Å²) in [5, 5.41) is 44.2. The van der Waals surface area contributed by atoms with Crippen molar-refractivity contribution in [3.8, 4) is 5.75 Å². The molecule has 0 bridgehead atoms. The topological polar surface area (TPSA) is 149 Å². The Hall–Kier alpha value is -4.30.